The highest BCUT2D eigenvalue weighted by atomic mass is 15.4. The Balaban J connectivity index is 0.000000131. The zero-order chi connectivity index (χ0) is 21.6. The van der Waals surface area contributed by atoms with Gasteiger partial charge in [0.2, 0.25) is 0 Å². The molecule has 0 bridgehead atoms. The first-order chi connectivity index (χ1) is 14.3. The average Bonchev–Trinajstić information content (AvgIpc) is 3.18. The van der Waals surface area contributed by atoms with E-state index in [2.05, 4.69) is 40.1 Å². The van der Waals surface area contributed by atoms with E-state index in [4.69, 9.17) is 0 Å². The lowest BCUT2D eigenvalue weighted by molar-refractivity contribution is -0.824. The zero-order valence-corrected chi connectivity index (χ0v) is 20.2. The molecule has 2 unspecified atom stereocenters. The van der Waals surface area contributed by atoms with Crippen LogP contribution in [0.3, 0.4) is 0 Å². The van der Waals surface area contributed by atoms with Gasteiger partial charge >= 0.3 is 0 Å². The number of aryl methyl sites for hydroxylation is 2. The molecule has 0 spiro atoms. The molecule has 5 heterocycles. The third-order valence-electron chi connectivity index (χ3n) is 7.59. The Morgan fingerprint density at radius 3 is 1.83 bits per heavy atom. The van der Waals surface area contributed by atoms with Crippen molar-refractivity contribution < 1.29 is 13.5 Å². The van der Waals surface area contributed by atoms with E-state index in [1.165, 1.54) is 104 Å². The third kappa shape index (κ3) is 5.58. The molecule has 0 N–H and O–H groups in total. The van der Waals surface area contributed by atoms with E-state index in [1.54, 1.807) is 0 Å². The largest absolute Gasteiger partial charge is 0.281 e. The van der Waals surface area contributed by atoms with E-state index < -0.39 is 0 Å². The van der Waals surface area contributed by atoms with Crippen LogP contribution < -0.4 is 4.57 Å². The van der Waals surface area contributed by atoms with Crippen molar-refractivity contribution in [1.82, 2.24) is 4.57 Å². The summed E-state index contributed by atoms with van der Waals surface area (Å²) in [6.45, 7) is 9.59. The Morgan fingerprint density at radius 2 is 1.33 bits per heavy atom. The first kappa shape index (κ1) is 23.1. The second kappa shape index (κ2) is 10.2. The van der Waals surface area contributed by atoms with Crippen molar-refractivity contribution in [2.75, 3.05) is 53.4 Å². The molecule has 6 nitrogen and oxygen atoms in total. The van der Waals surface area contributed by atoms with Gasteiger partial charge in [0.05, 0.1) is 54.4 Å². The first-order valence-electron chi connectivity index (χ1n) is 12.1. The van der Waals surface area contributed by atoms with Crippen molar-refractivity contribution in [2.45, 2.75) is 58.3 Å². The third-order valence-corrected chi connectivity index (χ3v) is 7.59. The molecular formula is C24H45N6+3. The number of hydrogen-bond acceptors (Lipinski definition) is 2. The Labute approximate surface area is 184 Å². The highest BCUT2D eigenvalue weighted by Gasteiger charge is 2.36. The van der Waals surface area contributed by atoms with Crippen molar-refractivity contribution >= 4 is 11.7 Å². The number of imidazole rings is 1. The summed E-state index contributed by atoms with van der Waals surface area (Å²) in [6, 6.07) is 0. The van der Waals surface area contributed by atoms with Gasteiger partial charge in [0, 0.05) is 52.1 Å². The van der Waals surface area contributed by atoms with Crippen LogP contribution in [-0.2, 0) is 14.1 Å². The van der Waals surface area contributed by atoms with E-state index in [0.29, 0.717) is 0 Å². The summed E-state index contributed by atoms with van der Waals surface area (Å²) >= 11 is 0. The lowest BCUT2D eigenvalue weighted by atomic mass is 10.2. The molecule has 0 radical (unpaired) electrons. The van der Waals surface area contributed by atoms with Gasteiger partial charge in [-0.15, -0.1) is 0 Å². The molecule has 5 rings (SSSR count). The number of quaternary nitrogens is 2. The minimum absolute atomic E-state index is 1.09. The summed E-state index contributed by atoms with van der Waals surface area (Å²) in [6.07, 6.45) is 14.7. The Hall–Kier alpha value is -1.53. The van der Waals surface area contributed by atoms with Crippen molar-refractivity contribution in [2.24, 2.45) is 24.1 Å². The maximum atomic E-state index is 4.67. The van der Waals surface area contributed by atoms with Gasteiger partial charge in [-0.05, 0) is 19.3 Å². The summed E-state index contributed by atoms with van der Waals surface area (Å²) in [5, 5.41) is 0. The van der Waals surface area contributed by atoms with Crippen molar-refractivity contribution in [3.63, 3.8) is 0 Å². The zero-order valence-electron chi connectivity index (χ0n) is 20.2. The predicted molar refractivity (Wildman–Crippen MR) is 125 cm³/mol. The fourth-order valence-corrected chi connectivity index (χ4v) is 5.21. The number of aliphatic imine (C=N–C) groups is 2. The van der Waals surface area contributed by atoms with Gasteiger partial charge in [0.15, 0.2) is 11.7 Å². The molecular weight excluding hydrogens is 372 g/mol. The molecule has 2 saturated heterocycles. The van der Waals surface area contributed by atoms with Crippen molar-refractivity contribution in [3.05, 3.63) is 18.2 Å². The second-order valence-electron chi connectivity index (χ2n) is 9.97. The number of hydrogen-bond donors (Lipinski definition) is 0. The first-order valence-corrected chi connectivity index (χ1v) is 12.1. The summed E-state index contributed by atoms with van der Waals surface area (Å²) in [7, 11) is 8.76. The van der Waals surface area contributed by atoms with Crippen LogP contribution in [0.4, 0.5) is 0 Å². The summed E-state index contributed by atoms with van der Waals surface area (Å²) < 4.78 is 6.50. The van der Waals surface area contributed by atoms with Crippen LogP contribution in [-0.4, -0.2) is 78.6 Å². The second-order valence-corrected chi connectivity index (χ2v) is 9.97. The van der Waals surface area contributed by atoms with Crippen LogP contribution in [0.15, 0.2) is 22.4 Å². The SMILES string of the molecule is C[N+]12CCCCCC1=NCCC2.C[N+]12CCCN=C1CCC2.Cc1n(C)cc[n+]1C. The Kier molecular flexibility index (Phi) is 7.86. The van der Waals surface area contributed by atoms with E-state index in [-0.39, 0.29) is 0 Å². The molecule has 1 aromatic heterocycles. The maximum absolute atomic E-state index is 4.67. The standard InChI is InChI=1S/C10H19N2.C8H15N2.C6H11N2/c1-12-8-4-2-3-6-10(12)11-7-5-9-12;1-10-6-2-4-8(10)9-5-3-7-10;1-6-7(2)4-5-8(6)3/h2-9H2,1H3;2-7H2,1H3;4-5H,1-3H3/q3*+1. The minimum atomic E-state index is 1.09. The molecule has 30 heavy (non-hydrogen) atoms. The van der Waals surface area contributed by atoms with Gasteiger partial charge in [0.25, 0.3) is 5.82 Å². The van der Waals surface area contributed by atoms with E-state index >= 15 is 0 Å². The molecule has 0 saturated carbocycles. The highest BCUT2D eigenvalue weighted by molar-refractivity contribution is 5.77. The van der Waals surface area contributed by atoms with Gasteiger partial charge < -0.3 is 0 Å². The smallest absolute Gasteiger partial charge is 0.252 e. The van der Waals surface area contributed by atoms with Gasteiger partial charge in [-0.1, -0.05) is 0 Å². The topological polar surface area (TPSA) is 33.5 Å². The predicted octanol–water partition coefficient (Wildman–Crippen LogP) is 3.00. The van der Waals surface area contributed by atoms with Gasteiger partial charge in [-0.3, -0.25) is 8.97 Å². The van der Waals surface area contributed by atoms with Crippen LogP contribution in [0.2, 0.25) is 0 Å². The van der Waals surface area contributed by atoms with Crippen LogP contribution in [0.1, 0.15) is 57.2 Å². The number of aromatic nitrogens is 2. The number of fused-ring (bicyclic) bond motifs is 2. The number of amidine groups is 2. The Morgan fingerprint density at radius 1 is 0.800 bits per heavy atom. The lowest BCUT2D eigenvalue weighted by Gasteiger charge is -2.35. The molecule has 0 aromatic carbocycles. The molecule has 168 valence electrons. The van der Waals surface area contributed by atoms with Crippen LogP contribution in [0.5, 0.6) is 0 Å². The summed E-state index contributed by atoms with van der Waals surface area (Å²) in [4.78, 5) is 9.22. The monoisotopic (exact) mass is 417 g/mol. The van der Waals surface area contributed by atoms with E-state index in [1.807, 2.05) is 26.5 Å². The van der Waals surface area contributed by atoms with Gasteiger partial charge in [-0.25, -0.2) is 19.1 Å². The van der Waals surface area contributed by atoms with Crippen LogP contribution in [0, 0.1) is 6.92 Å². The molecule has 1 aromatic rings. The van der Waals surface area contributed by atoms with Crippen molar-refractivity contribution in [1.29, 1.82) is 0 Å². The normalized spacial score (nSPS) is 30.3. The molecule has 6 heteroatoms. The fraction of sp³-hybridized carbons (Fsp3) is 0.792. The van der Waals surface area contributed by atoms with Gasteiger partial charge in [-0.2, -0.15) is 0 Å². The molecule has 2 atom stereocenters. The van der Waals surface area contributed by atoms with E-state index in [0.717, 1.165) is 13.1 Å². The molecule has 4 aliphatic rings. The summed E-state index contributed by atoms with van der Waals surface area (Å²) in [5.41, 5.74) is 0. The fourth-order valence-electron chi connectivity index (χ4n) is 5.21. The molecule has 4 aliphatic heterocycles. The Bertz CT molecular complexity index is 744. The quantitative estimate of drug-likeness (QED) is 0.459. The lowest BCUT2D eigenvalue weighted by Crippen LogP contribution is -2.51. The van der Waals surface area contributed by atoms with Crippen LogP contribution in [0.25, 0.3) is 0 Å². The minimum Gasteiger partial charge on any atom is -0.281 e. The number of nitrogens with zero attached hydrogens (tertiary/aromatic N) is 6. The molecule has 2 fully saturated rings. The molecule has 0 amide bonds. The van der Waals surface area contributed by atoms with Crippen molar-refractivity contribution in [3.8, 4) is 0 Å². The van der Waals surface area contributed by atoms with E-state index in [9.17, 15) is 0 Å². The summed E-state index contributed by atoms with van der Waals surface area (Å²) in [5.74, 6) is 4.22. The molecule has 0 aliphatic carbocycles. The number of rotatable bonds is 0. The van der Waals surface area contributed by atoms with Gasteiger partial charge in [0.1, 0.15) is 12.4 Å². The maximum Gasteiger partial charge on any atom is 0.252 e. The average molecular weight is 418 g/mol. The highest BCUT2D eigenvalue weighted by Crippen LogP contribution is 2.23. The van der Waals surface area contributed by atoms with Crippen LogP contribution >= 0.6 is 0 Å².